The number of halogens is 1. The highest BCUT2D eigenvalue weighted by molar-refractivity contribution is 14.0. The van der Waals surface area contributed by atoms with E-state index in [1.54, 1.807) is 0 Å². The highest BCUT2D eigenvalue weighted by Gasteiger charge is 2.29. The van der Waals surface area contributed by atoms with Gasteiger partial charge < -0.3 is 21.5 Å². The van der Waals surface area contributed by atoms with Gasteiger partial charge in [-0.25, -0.2) is 0 Å². The molecule has 2 saturated heterocycles. The smallest absolute Gasteiger partial charge is 0.246 e. The van der Waals surface area contributed by atoms with Gasteiger partial charge in [0.05, 0.1) is 12.6 Å². The lowest BCUT2D eigenvalue weighted by molar-refractivity contribution is -0.128. The summed E-state index contributed by atoms with van der Waals surface area (Å²) in [7, 11) is 0. The maximum atomic E-state index is 11.0. The summed E-state index contributed by atoms with van der Waals surface area (Å²) in [5.74, 6) is 0.0594. The molecule has 8 heteroatoms. The second-order valence-electron chi connectivity index (χ2n) is 5.76. The number of likely N-dealkylation sites (tertiary alicyclic amines) is 1. The summed E-state index contributed by atoms with van der Waals surface area (Å²) in [6.07, 6.45) is 3.47. The van der Waals surface area contributed by atoms with E-state index in [2.05, 4.69) is 22.1 Å². The molecular formula is C14H28IN5O2. The largest absolute Gasteiger partial charge is 0.370 e. The Bertz CT molecular complexity index is 393. The molecule has 2 heterocycles. The van der Waals surface area contributed by atoms with E-state index >= 15 is 0 Å². The fraction of sp³-hybridized carbons (Fsp3) is 0.857. The minimum atomic E-state index is -0.452. The number of ether oxygens (including phenoxy) is 1. The number of nitrogens with one attached hydrogen (secondary N) is 1. The first kappa shape index (κ1) is 19.4. The first-order valence-electron chi connectivity index (χ1n) is 7.82. The lowest BCUT2D eigenvalue weighted by Gasteiger charge is -2.21. The highest BCUT2D eigenvalue weighted by atomic mass is 127. The Balaban J connectivity index is 0.00000242. The lowest BCUT2D eigenvalue weighted by atomic mass is 10.2. The number of carbonyl (C=O) groups excluding carboxylic acids is 1. The van der Waals surface area contributed by atoms with Crippen LogP contribution in [0.1, 0.15) is 32.6 Å². The Morgan fingerprint density at radius 2 is 2.14 bits per heavy atom. The summed E-state index contributed by atoms with van der Waals surface area (Å²) >= 11 is 0. The third-order valence-electron chi connectivity index (χ3n) is 4.31. The minimum Gasteiger partial charge on any atom is -0.370 e. The van der Waals surface area contributed by atoms with Crippen LogP contribution in [0.4, 0.5) is 0 Å². The van der Waals surface area contributed by atoms with Gasteiger partial charge in [0, 0.05) is 12.6 Å². The molecule has 0 aliphatic carbocycles. The van der Waals surface area contributed by atoms with E-state index in [-0.39, 0.29) is 36.0 Å². The van der Waals surface area contributed by atoms with Gasteiger partial charge in [0.2, 0.25) is 5.91 Å². The zero-order chi connectivity index (χ0) is 15.2. The molecule has 2 aliphatic heterocycles. The molecular weight excluding hydrogens is 397 g/mol. The van der Waals surface area contributed by atoms with Gasteiger partial charge in [-0.2, -0.15) is 0 Å². The first-order valence-corrected chi connectivity index (χ1v) is 7.82. The van der Waals surface area contributed by atoms with Crippen LogP contribution in [0.15, 0.2) is 4.99 Å². The molecule has 7 nitrogen and oxygen atoms in total. The number of nitrogens with two attached hydrogens (primary N) is 2. The van der Waals surface area contributed by atoms with Crippen molar-refractivity contribution in [2.45, 2.75) is 50.9 Å². The number of rotatable bonds is 6. The SMILES string of the molecule is CCN1CCCC1CN=C(N)NCC1CCC(C(N)=O)O1.I. The van der Waals surface area contributed by atoms with Gasteiger partial charge in [0.25, 0.3) is 0 Å². The average molecular weight is 425 g/mol. The molecule has 128 valence electrons. The van der Waals surface area contributed by atoms with E-state index in [1.165, 1.54) is 12.8 Å². The first-order chi connectivity index (χ1) is 10.1. The quantitative estimate of drug-likeness (QED) is 0.316. The van der Waals surface area contributed by atoms with Gasteiger partial charge in [-0.3, -0.25) is 14.7 Å². The number of likely N-dealkylation sites (N-methyl/N-ethyl adjacent to an activating group) is 1. The van der Waals surface area contributed by atoms with Gasteiger partial charge in [0.15, 0.2) is 5.96 Å². The molecule has 0 saturated carbocycles. The van der Waals surface area contributed by atoms with Gasteiger partial charge in [-0.15, -0.1) is 24.0 Å². The number of hydrogen-bond donors (Lipinski definition) is 3. The van der Waals surface area contributed by atoms with E-state index in [1.807, 2.05) is 0 Å². The fourth-order valence-corrected chi connectivity index (χ4v) is 3.06. The average Bonchev–Trinajstić information content (AvgIpc) is 3.11. The third kappa shape index (κ3) is 5.54. The monoisotopic (exact) mass is 425 g/mol. The standard InChI is InChI=1S/C14H27N5O2.HI/c1-2-19-7-3-4-10(19)8-17-14(16)18-9-11-5-6-12(21-11)13(15)20;/h10-12H,2-9H2,1H3,(H2,15,20)(H3,16,17,18);1H. The maximum Gasteiger partial charge on any atom is 0.246 e. The van der Waals surface area contributed by atoms with Crippen LogP contribution in [-0.2, 0) is 9.53 Å². The topological polar surface area (TPSA) is 106 Å². The minimum absolute atomic E-state index is 0. The van der Waals surface area contributed by atoms with Gasteiger partial charge in [-0.1, -0.05) is 6.92 Å². The van der Waals surface area contributed by atoms with Crippen molar-refractivity contribution in [3.63, 3.8) is 0 Å². The molecule has 5 N–H and O–H groups in total. The summed E-state index contributed by atoms with van der Waals surface area (Å²) < 4.78 is 5.53. The van der Waals surface area contributed by atoms with Crippen LogP contribution in [0.2, 0.25) is 0 Å². The molecule has 2 rings (SSSR count). The second-order valence-corrected chi connectivity index (χ2v) is 5.76. The molecule has 3 unspecified atom stereocenters. The Kier molecular flexibility index (Phi) is 8.40. The molecule has 0 aromatic heterocycles. The van der Waals surface area contributed by atoms with Crippen molar-refractivity contribution in [2.75, 3.05) is 26.2 Å². The molecule has 2 aliphatic rings. The third-order valence-corrected chi connectivity index (χ3v) is 4.31. The second kappa shape index (κ2) is 9.51. The molecule has 0 bridgehead atoms. The number of nitrogens with zero attached hydrogens (tertiary/aromatic N) is 2. The molecule has 0 aromatic rings. The van der Waals surface area contributed by atoms with E-state index in [0.717, 1.165) is 26.1 Å². The van der Waals surface area contributed by atoms with Gasteiger partial charge in [0.1, 0.15) is 6.10 Å². The number of amides is 1. The van der Waals surface area contributed by atoms with Crippen molar-refractivity contribution in [3.05, 3.63) is 0 Å². The number of guanidine groups is 1. The number of carbonyl (C=O) groups is 1. The maximum absolute atomic E-state index is 11.0. The Hall–Kier alpha value is -0.610. The summed E-state index contributed by atoms with van der Waals surface area (Å²) in [6, 6.07) is 0.511. The van der Waals surface area contributed by atoms with Gasteiger partial charge >= 0.3 is 0 Å². The summed E-state index contributed by atoms with van der Waals surface area (Å²) in [4.78, 5) is 17.9. The molecule has 3 atom stereocenters. The Morgan fingerprint density at radius 3 is 2.77 bits per heavy atom. The van der Waals surface area contributed by atoms with Crippen LogP contribution >= 0.6 is 24.0 Å². The summed E-state index contributed by atoms with van der Waals surface area (Å²) in [6.45, 7) is 5.71. The number of aliphatic imine (C=N–C) groups is 1. The number of primary amides is 1. The normalized spacial score (nSPS) is 29.3. The van der Waals surface area contributed by atoms with Gasteiger partial charge in [-0.05, 0) is 38.8 Å². The molecule has 0 aromatic carbocycles. The van der Waals surface area contributed by atoms with E-state index in [0.29, 0.717) is 25.0 Å². The lowest BCUT2D eigenvalue weighted by Crippen LogP contribution is -2.39. The molecule has 0 spiro atoms. The summed E-state index contributed by atoms with van der Waals surface area (Å²) in [5, 5.41) is 3.07. The van der Waals surface area contributed by atoms with Crippen molar-refractivity contribution in [1.29, 1.82) is 0 Å². The van der Waals surface area contributed by atoms with Crippen LogP contribution in [0.5, 0.6) is 0 Å². The van der Waals surface area contributed by atoms with E-state index in [4.69, 9.17) is 16.2 Å². The fourth-order valence-electron chi connectivity index (χ4n) is 3.06. The molecule has 0 radical (unpaired) electrons. The van der Waals surface area contributed by atoms with Crippen LogP contribution in [0, 0.1) is 0 Å². The Labute approximate surface area is 149 Å². The Morgan fingerprint density at radius 1 is 1.36 bits per heavy atom. The summed E-state index contributed by atoms with van der Waals surface area (Å²) in [5.41, 5.74) is 11.1. The molecule has 22 heavy (non-hydrogen) atoms. The zero-order valence-electron chi connectivity index (χ0n) is 13.2. The zero-order valence-corrected chi connectivity index (χ0v) is 15.5. The highest BCUT2D eigenvalue weighted by Crippen LogP contribution is 2.19. The van der Waals surface area contributed by atoms with Crippen LogP contribution < -0.4 is 16.8 Å². The van der Waals surface area contributed by atoms with Crippen molar-refractivity contribution >= 4 is 35.8 Å². The van der Waals surface area contributed by atoms with Crippen molar-refractivity contribution in [3.8, 4) is 0 Å². The van der Waals surface area contributed by atoms with Crippen molar-refractivity contribution in [2.24, 2.45) is 16.5 Å². The predicted molar refractivity (Wildman–Crippen MR) is 97.3 cm³/mol. The number of hydrogen-bond acceptors (Lipinski definition) is 4. The van der Waals surface area contributed by atoms with Crippen molar-refractivity contribution in [1.82, 2.24) is 10.2 Å². The van der Waals surface area contributed by atoms with Crippen LogP contribution in [0.25, 0.3) is 0 Å². The predicted octanol–water partition coefficient (Wildman–Crippen LogP) is 0.0259. The van der Waals surface area contributed by atoms with Crippen LogP contribution in [0.3, 0.4) is 0 Å². The molecule has 1 amide bonds. The van der Waals surface area contributed by atoms with Crippen molar-refractivity contribution < 1.29 is 9.53 Å². The van der Waals surface area contributed by atoms with E-state index in [9.17, 15) is 4.79 Å². The molecule has 2 fully saturated rings. The van der Waals surface area contributed by atoms with E-state index < -0.39 is 6.10 Å². The van der Waals surface area contributed by atoms with Crippen LogP contribution in [-0.4, -0.2) is 61.2 Å².